The molecule has 1 aromatic carbocycles. The molecule has 3 rings (SSSR count). The van der Waals surface area contributed by atoms with Crippen molar-refractivity contribution < 1.29 is 13.9 Å². The Hall–Kier alpha value is -1.33. The average molecular weight is 285 g/mol. The van der Waals surface area contributed by atoms with Gasteiger partial charge in [0.05, 0.1) is 5.02 Å². The van der Waals surface area contributed by atoms with Crippen LogP contribution in [0.15, 0.2) is 18.2 Å². The lowest BCUT2D eigenvalue weighted by Crippen LogP contribution is -2.35. The molecule has 102 valence electrons. The average Bonchev–Trinajstić information content (AvgIpc) is 2.84. The first-order chi connectivity index (χ1) is 9.15. The van der Waals surface area contributed by atoms with Crippen LogP contribution in [0.3, 0.4) is 0 Å². The van der Waals surface area contributed by atoms with Crippen molar-refractivity contribution in [2.45, 2.75) is 6.04 Å². The second kappa shape index (κ2) is 4.98. The van der Waals surface area contributed by atoms with Gasteiger partial charge in [0.25, 0.3) is 5.91 Å². The molecule has 2 atom stereocenters. The largest absolute Gasteiger partial charge is 0.484 e. The molecule has 0 spiro atoms. The van der Waals surface area contributed by atoms with Crippen LogP contribution in [-0.4, -0.2) is 31.6 Å². The molecule has 2 fully saturated rings. The number of rotatable bonds is 4. The normalized spacial score (nSPS) is 27.8. The maximum Gasteiger partial charge on any atom is 0.258 e. The van der Waals surface area contributed by atoms with Gasteiger partial charge in [-0.15, -0.1) is 0 Å². The number of hydrogen-bond acceptors (Lipinski definition) is 3. The van der Waals surface area contributed by atoms with Gasteiger partial charge in [-0.1, -0.05) is 11.6 Å². The number of amides is 1. The summed E-state index contributed by atoms with van der Waals surface area (Å²) in [6.45, 7) is 1.84. The number of carbonyl (C=O) groups excluding carboxylic acids is 1. The van der Waals surface area contributed by atoms with E-state index >= 15 is 0 Å². The Morgan fingerprint density at radius 2 is 2.21 bits per heavy atom. The van der Waals surface area contributed by atoms with Crippen molar-refractivity contribution >= 4 is 17.5 Å². The van der Waals surface area contributed by atoms with Gasteiger partial charge in [0.15, 0.2) is 6.61 Å². The van der Waals surface area contributed by atoms with E-state index in [9.17, 15) is 9.18 Å². The molecule has 1 heterocycles. The number of fused-ring (bicyclic) bond motifs is 1. The van der Waals surface area contributed by atoms with Crippen LogP contribution in [0.2, 0.25) is 5.02 Å². The quantitative estimate of drug-likeness (QED) is 0.873. The lowest BCUT2D eigenvalue weighted by Gasteiger charge is -2.09. The van der Waals surface area contributed by atoms with E-state index in [0.717, 1.165) is 13.1 Å². The lowest BCUT2D eigenvalue weighted by atomic mass is 10.3. The Kier molecular flexibility index (Phi) is 3.33. The van der Waals surface area contributed by atoms with Crippen molar-refractivity contribution in [1.82, 2.24) is 10.6 Å². The van der Waals surface area contributed by atoms with Crippen LogP contribution in [0.25, 0.3) is 0 Å². The van der Waals surface area contributed by atoms with Crippen LogP contribution in [-0.2, 0) is 4.79 Å². The van der Waals surface area contributed by atoms with Crippen LogP contribution in [0.4, 0.5) is 4.39 Å². The van der Waals surface area contributed by atoms with E-state index in [-0.39, 0.29) is 23.6 Å². The van der Waals surface area contributed by atoms with E-state index in [4.69, 9.17) is 16.3 Å². The van der Waals surface area contributed by atoms with E-state index in [2.05, 4.69) is 10.6 Å². The van der Waals surface area contributed by atoms with E-state index in [1.807, 2.05) is 0 Å². The zero-order valence-corrected chi connectivity index (χ0v) is 10.9. The standard InChI is InChI=1S/C13H14ClFN2O2/c14-10-2-1-7(3-11(10)15)19-6-12(18)17-13-8-4-16-5-9(8)13/h1-3,8-9,13,16H,4-6H2,(H,17,18). The van der Waals surface area contributed by atoms with E-state index in [1.165, 1.54) is 18.2 Å². The van der Waals surface area contributed by atoms with Crippen LogP contribution in [0.5, 0.6) is 5.75 Å². The SMILES string of the molecule is O=C(COc1ccc(Cl)c(F)c1)NC1C2CNCC21. The molecular formula is C13H14ClFN2O2. The lowest BCUT2D eigenvalue weighted by molar-refractivity contribution is -0.123. The monoisotopic (exact) mass is 284 g/mol. The molecule has 0 bridgehead atoms. The Morgan fingerprint density at radius 3 is 2.89 bits per heavy atom. The molecule has 2 aliphatic rings. The van der Waals surface area contributed by atoms with E-state index in [0.29, 0.717) is 17.6 Å². The second-order valence-electron chi connectivity index (χ2n) is 4.94. The van der Waals surface area contributed by atoms with Crippen molar-refractivity contribution in [2.24, 2.45) is 11.8 Å². The van der Waals surface area contributed by atoms with Crippen molar-refractivity contribution in [2.75, 3.05) is 19.7 Å². The molecule has 6 heteroatoms. The predicted octanol–water partition coefficient (Wildman–Crippen LogP) is 1.19. The Morgan fingerprint density at radius 1 is 1.47 bits per heavy atom. The first kappa shape index (κ1) is 12.7. The summed E-state index contributed by atoms with van der Waals surface area (Å²) in [5, 5.41) is 6.22. The summed E-state index contributed by atoms with van der Waals surface area (Å²) in [5.74, 6) is 0.709. The highest BCUT2D eigenvalue weighted by Crippen LogP contribution is 2.41. The number of carbonyl (C=O) groups is 1. The number of nitrogens with one attached hydrogen (secondary N) is 2. The van der Waals surface area contributed by atoms with Gasteiger partial charge in [-0.25, -0.2) is 4.39 Å². The topological polar surface area (TPSA) is 50.4 Å². The maximum atomic E-state index is 13.2. The molecule has 2 N–H and O–H groups in total. The molecule has 1 aliphatic heterocycles. The Balaban J connectivity index is 1.46. The van der Waals surface area contributed by atoms with E-state index in [1.54, 1.807) is 0 Å². The third kappa shape index (κ3) is 2.67. The molecule has 1 aromatic rings. The molecule has 2 unspecified atom stereocenters. The molecule has 0 radical (unpaired) electrons. The third-order valence-electron chi connectivity index (χ3n) is 3.68. The first-order valence-electron chi connectivity index (χ1n) is 6.23. The Labute approximate surface area is 115 Å². The third-order valence-corrected chi connectivity index (χ3v) is 3.99. The highest BCUT2D eigenvalue weighted by Gasteiger charge is 2.53. The van der Waals surface area contributed by atoms with E-state index < -0.39 is 5.82 Å². The van der Waals surface area contributed by atoms with Gasteiger partial charge in [-0.2, -0.15) is 0 Å². The molecular weight excluding hydrogens is 271 g/mol. The van der Waals surface area contributed by atoms with Gasteiger partial charge in [0.1, 0.15) is 11.6 Å². The number of halogens is 2. The zero-order valence-electron chi connectivity index (χ0n) is 10.2. The van der Waals surface area contributed by atoms with Crippen LogP contribution >= 0.6 is 11.6 Å². The minimum Gasteiger partial charge on any atom is -0.484 e. The molecule has 19 heavy (non-hydrogen) atoms. The van der Waals surface area contributed by atoms with Gasteiger partial charge >= 0.3 is 0 Å². The molecule has 0 aromatic heterocycles. The minimum absolute atomic E-state index is 0.0371. The summed E-state index contributed by atoms with van der Waals surface area (Å²) in [5.41, 5.74) is 0. The molecule has 1 saturated carbocycles. The minimum atomic E-state index is -0.553. The molecule has 4 nitrogen and oxygen atoms in total. The fraction of sp³-hybridized carbons (Fsp3) is 0.462. The fourth-order valence-electron chi connectivity index (χ4n) is 2.58. The highest BCUT2D eigenvalue weighted by atomic mass is 35.5. The summed E-state index contributed by atoms with van der Waals surface area (Å²) in [6.07, 6.45) is 0. The van der Waals surface area contributed by atoms with Crippen molar-refractivity contribution in [1.29, 1.82) is 0 Å². The van der Waals surface area contributed by atoms with Crippen molar-refractivity contribution in [3.63, 3.8) is 0 Å². The van der Waals surface area contributed by atoms with Gasteiger partial charge < -0.3 is 15.4 Å². The van der Waals surface area contributed by atoms with Gasteiger partial charge in [0, 0.05) is 25.2 Å². The van der Waals surface area contributed by atoms with Crippen LogP contribution in [0, 0.1) is 17.7 Å². The summed E-state index contributed by atoms with van der Waals surface area (Å²) in [6, 6.07) is 4.39. The second-order valence-corrected chi connectivity index (χ2v) is 5.35. The van der Waals surface area contributed by atoms with Gasteiger partial charge in [-0.3, -0.25) is 4.79 Å². The molecule has 1 saturated heterocycles. The van der Waals surface area contributed by atoms with Crippen molar-refractivity contribution in [3.8, 4) is 5.75 Å². The summed E-state index contributed by atoms with van der Waals surface area (Å²) in [4.78, 5) is 11.7. The van der Waals surface area contributed by atoms with Crippen molar-refractivity contribution in [3.05, 3.63) is 29.0 Å². The molecule has 1 amide bonds. The number of piperidine rings is 1. The number of benzene rings is 1. The smallest absolute Gasteiger partial charge is 0.258 e. The predicted molar refractivity (Wildman–Crippen MR) is 68.7 cm³/mol. The maximum absolute atomic E-state index is 13.2. The summed E-state index contributed by atoms with van der Waals surface area (Å²) < 4.78 is 18.4. The van der Waals surface area contributed by atoms with Crippen LogP contribution < -0.4 is 15.4 Å². The van der Waals surface area contributed by atoms with Crippen LogP contribution in [0.1, 0.15) is 0 Å². The first-order valence-corrected chi connectivity index (χ1v) is 6.61. The molecule has 1 aliphatic carbocycles. The van der Waals surface area contributed by atoms with Gasteiger partial charge in [-0.05, 0) is 24.0 Å². The zero-order chi connectivity index (χ0) is 13.4. The fourth-order valence-corrected chi connectivity index (χ4v) is 2.69. The van der Waals surface area contributed by atoms with Gasteiger partial charge in [0.2, 0.25) is 0 Å². The Bertz CT molecular complexity index is 501. The summed E-state index contributed by atoms with van der Waals surface area (Å²) >= 11 is 5.56. The summed E-state index contributed by atoms with van der Waals surface area (Å²) in [7, 11) is 0. The highest BCUT2D eigenvalue weighted by molar-refractivity contribution is 6.30. The number of hydrogen-bond donors (Lipinski definition) is 2. The number of ether oxygens (including phenoxy) is 1.